The second kappa shape index (κ2) is 5.63. The Bertz CT molecular complexity index is 340. The molecule has 0 aromatic carbocycles. The van der Waals surface area contributed by atoms with Gasteiger partial charge in [-0.05, 0) is 0 Å². The van der Waals surface area contributed by atoms with Crippen LogP contribution in [0.2, 0.25) is 0 Å². The van der Waals surface area contributed by atoms with Crippen LogP contribution in [0.25, 0.3) is 0 Å². The molecule has 0 saturated carbocycles. The summed E-state index contributed by atoms with van der Waals surface area (Å²) in [5.41, 5.74) is 0.184. The third-order valence-electron chi connectivity index (χ3n) is 1.55. The Morgan fingerprint density at radius 1 is 1.73 bits per heavy atom. The Balaban J connectivity index is 2.38. The lowest BCUT2D eigenvalue weighted by Crippen LogP contribution is -2.34. The van der Waals surface area contributed by atoms with Crippen molar-refractivity contribution in [3.63, 3.8) is 0 Å². The van der Waals surface area contributed by atoms with Gasteiger partial charge in [0.25, 0.3) is 5.91 Å². The van der Waals surface area contributed by atoms with Crippen LogP contribution in [-0.2, 0) is 9.53 Å². The minimum absolute atomic E-state index is 0.184. The lowest BCUT2D eigenvalue weighted by molar-refractivity contribution is -0.139. The van der Waals surface area contributed by atoms with E-state index in [0.717, 1.165) is 0 Å². The van der Waals surface area contributed by atoms with Gasteiger partial charge in [-0.15, -0.1) is 0 Å². The van der Waals surface area contributed by atoms with Crippen molar-refractivity contribution in [1.29, 1.82) is 0 Å². The number of halogens is 1. The van der Waals surface area contributed by atoms with Crippen molar-refractivity contribution in [3.05, 3.63) is 11.9 Å². The summed E-state index contributed by atoms with van der Waals surface area (Å²) in [7, 11) is 1.30. The number of aromatic amines is 1. The summed E-state index contributed by atoms with van der Waals surface area (Å²) in [6.07, 6.45) is 1.30. The third kappa shape index (κ3) is 3.46. The van der Waals surface area contributed by atoms with Gasteiger partial charge in [0.1, 0.15) is 3.92 Å². The van der Waals surface area contributed by atoms with E-state index in [4.69, 9.17) is 0 Å². The quantitative estimate of drug-likeness (QED) is 0.443. The first-order valence-corrected chi connectivity index (χ1v) is 5.25. The summed E-state index contributed by atoms with van der Waals surface area (Å²) >= 11 is 1.89. The van der Waals surface area contributed by atoms with E-state index in [1.807, 2.05) is 22.6 Å². The second-order valence-corrected chi connectivity index (χ2v) is 4.06. The summed E-state index contributed by atoms with van der Waals surface area (Å²) in [6.45, 7) is 0.193. The molecule has 0 aliphatic heterocycles. The zero-order valence-electron chi connectivity index (χ0n) is 7.86. The van der Waals surface area contributed by atoms with E-state index in [-0.39, 0.29) is 24.1 Å². The van der Waals surface area contributed by atoms with Crippen molar-refractivity contribution >= 4 is 34.5 Å². The van der Waals surface area contributed by atoms with Crippen LogP contribution < -0.4 is 5.32 Å². The molecule has 1 heterocycles. The molecule has 1 aromatic rings. The average molecular weight is 324 g/mol. The van der Waals surface area contributed by atoms with Crippen LogP contribution >= 0.6 is 22.6 Å². The maximum absolute atomic E-state index is 11.3. The summed E-state index contributed by atoms with van der Waals surface area (Å²) < 4.78 is 4.09. The van der Waals surface area contributed by atoms with Crippen LogP contribution in [0.15, 0.2) is 6.20 Å². The van der Waals surface area contributed by atoms with E-state index in [0.29, 0.717) is 0 Å². The zero-order chi connectivity index (χ0) is 11.3. The number of carbonyl (C=O) groups excluding carboxylic acids is 2. The normalized spacial score (nSPS) is 11.9. The van der Waals surface area contributed by atoms with Gasteiger partial charge in [-0.2, -0.15) is 15.4 Å². The number of ether oxygens (including phenoxy) is 1. The number of H-pyrrole nitrogens is 1. The molecule has 0 saturated heterocycles. The minimum atomic E-state index is -0.413. The van der Waals surface area contributed by atoms with Crippen molar-refractivity contribution in [3.8, 4) is 0 Å². The molecule has 1 unspecified atom stereocenters. The van der Waals surface area contributed by atoms with Gasteiger partial charge >= 0.3 is 5.97 Å². The number of alkyl halides is 1. The highest BCUT2D eigenvalue weighted by atomic mass is 127. The lowest BCUT2D eigenvalue weighted by atomic mass is 10.4. The van der Waals surface area contributed by atoms with Gasteiger partial charge in [0.2, 0.25) is 0 Å². The van der Waals surface area contributed by atoms with E-state index in [1.165, 1.54) is 13.3 Å². The molecule has 2 N–H and O–H groups in total. The molecule has 82 valence electrons. The molecule has 0 aliphatic rings. The summed E-state index contributed by atoms with van der Waals surface area (Å²) in [5.74, 6) is -0.759. The number of hydrogen-bond donors (Lipinski definition) is 2. The van der Waals surface area contributed by atoms with Gasteiger partial charge in [-0.1, -0.05) is 22.6 Å². The molecule has 1 aromatic heterocycles. The van der Waals surface area contributed by atoms with Gasteiger partial charge in [-0.25, -0.2) is 0 Å². The van der Waals surface area contributed by atoms with E-state index in [1.54, 1.807) is 0 Å². The monoisotopic (exact) mass is 324 g/mol. The molecule has 15 heavy (non-hydrogen) atoms. The fraction of sp³-hybridized carbons (Fsp3) is 0.429. The highest BCUT2D eigenvalue weighted by Crippen LogP contribution is 2.01. The van der Waals surface area contributed by atoms with Crippen molar-refractivity contribution in [2.45, 2.75) is 3.92 Å². The SMILES string of the molecule is COC(=O)C(I)CNC(=O)c1cn[nH]n1. The fourth-order valence-electron chi connectivity index (χ4n) is 0.795. The highest BCUT2D eigenvalue weighted by Gasteiger charge is 2.17. The number of hydrogen-bond acceptors (Lipinski definition) is 5. The van der Waals surface area contributed by atoms with E-state index in [9.17, 15) is 9.59 Å². The van der Waals surface area contributed by atoms with E-state index < -0.39 is 3.92 Å². The number of rotatable bonds is 4. The highest BCUT2D eigenvalue weighted by molar-refractivity contribution is 14.1. The molecule has 0 fully saturated rings. The molecular weight excluding hydrogens is 315 g/mol. The number of nitrogens with zero attached hydrogens (tertiary/aromatic N) is 2. The molecule has 0 spiro atoms. The van der Waals surface area contributed by atoms with Crippen molar-refractivity contribution < 1.29 is 14.3 Å². The third-order valence-corrected chi connectivity index (χ3v) is 2.50. The van der Waals surface area contributed by atoms with E-state index >= 15 is 0 Å². The van der Waals surface area contributed by atoms with Crippen molar-refractivity contribution in [2.75, 3.05) is 13.7 Å². The van der Waals surface area contributed by atoms with Gasteiger partial charge in [0, 0.05) is 6.54 Å². The maximum atomic E-state index is 11.3. The van der Waals surface area contributed by atoms with Gasteiger partial charge in [0.05, 0.1) is 13.3 Å². The van der Waals surface area contributed by atoms with Crippen LogP contribution in [-0.4, -0.2) is 44.9 Å². The van der Waals surface area contributed by atoms with Crippen LogP contribution in [0.3, 0.4) is 0 Å². The number of methoxy groups -OCH3 is 1. The Morgan fingerprint density at radius 3 is 3.00 bits per heavy atom. The molecular formula is C7H9IN4O3. The van der Waals surface area contributed by atoms with Crippen molar-refractivity contribution in [2.24, 2.45) is 0 Å². The number of carbonyl (C=O) groups is 2. The summed E-state index contributed by atoms with van der Waals surface area (Å²) in [5, 5.41) is 11.9. The Kier molecular flexibility index (Phi) is 4.46. The van der Waals surface area contributed by atoms with Gasteiger partial charge < -0.3 is 10.1 Å². The summed E-state index contributed by atoms with van der Waals surface area (Å²) in [6, 6.07) is 0. The fourth-order valence-corrected chi connectivity index (χ4v) is 1.27. The first-order chi connectivity index (χ1) is 7.15. The molecule has 1 rings (SSSR count). The van der Waals surface area contributed by atoms with Crippen LogP contribution in [0, 0.1) is 0 Å². The Labute approximate surface area is 99.1 Å². The largest absolute Gasteiger partial charge is 0.468 e. The van der Waals surface area contributed by atoms with Crippen LogP contribution in [0.4, 0.5) is 0 Å². The first kappa shape index (κ1) is 11.9. The zero-order valence-corrected chi connectivity index (χ0v) is 10.0. The van der Waals surface area contributed by atoms with E-state index in [2.05, 4.69) is 25.5 Å². The lowest BCUT2D eigenvalue weighted by Gasteiger charge is -2.07. The predicted molar refractivity (Wildman–Crippen MR) is 58.5 cm³/mol. The smallest absolute Gasteiger partial charge is 0.320 e. The summed E-state index contributed by atoms with van der Waals surface area (Å²) in [4.78, 5) is 22.3. The molecule has 0 aliphatic carbocycles. The van der Waals surface area contributed by atoms with Crippen molar-refractivity contribution in [1.82, 2.24) is 20.7 Å². The molecule has 0 bridgehead atoms. The van der Waals surface area contributed by atoms with Gasteiger partial charge in [0.15, 0.2) is 5.69 Å². The van der Waals surface area contributed by atoms with Crippen LogP contribution in [0.1, 0.15) is 10.5 Å². The number of aromatic nitrogens is 3. The standard InChI is InChI=1S/C7H9IN4O3/c1-15-7(14)4(8)2-9-6(13)5-3-10-12-11-5/h3-4H,2H2,1H3,(H,9,13)(H,10,11,12). The number of nitrogens with one attached hydrogen (secondary N) is 2. The number of amides is 1. The van der Waals surface area contributed by atoms with Gasteiger partial charge in [-0.3, -0.25) is 9.59 Å². The molecule has 1 amide bonds. The number of esters is 1. The topological polar surface area (TPSA) is 97.0 Å². The Hall–Kier alpha value is -1.19. The molecule has 0 radical (unpaired) electrons. The van der Waals surface area contributed by atoms with Crippen LogP contribution in [0.5, 0.6) is 0 Å². The Morgan fingerprint density at radius 2 is 2.47 bits per heavy atom. The maximum Gasteiger partial charge on any atom is 0.320 e. The minimum Gasteiger partial charge on any atom is -0.468 e. The molecule has 7 nitrogen and oxygen atoms in total. The second-order valence-electron chi connectivity index (χ2n) is 2.56. The molecule has 1 atom stereocenters. The molecule has 8 heteroatoms. The first-order valence-electron chi connectivity index (χ1n) is 4.01. The average Bonchev–Trinajstić information content (AvgIpc) is 2.77. The predicted octanol–water partition coefficient (Wildman–Crippen LogP) is -0.489.